The zero-order valence-electron chi connectivity index (χ0n) is 12.5. The van der Waals surface area contributed by atoms with E-state index in [4.69, 9.17) is 5.73 Å². The molecule has 1 aromatic carbocycles. The van der Waals surface area contributed by atoms with Gasteiger partial charge in [-0.25, -0.2) is 8.42 Å². The number of nitro benzene ring substituents is 1. The van der Waals surface area contributed by atoms with Gasteiger partial charge in [0, 0.05) is 30.3 Å². The predicted octanol–water partition coefficient (Wildman–Crippen LogP) is 2.05. The molecule has 2 N–H and O–H groups in total. The Labute approximate surface area is 141 Å². The highest BCUT2D eigenvalue weighted by Crippen LogP contribution is 2.37. The van der Waals surface area contributed by atoms with Crippen LogP contribution in [0.15, 0.2) is 29.2 Å². The highest BCUT2D eigenvalue weighted by Gasteiger charge is 2.44. The standard InChI is InChI=1S/C14H19N3O4S.ClH/c15-10-8-12-2-1-3-13(9-10)16(12)22(20,21)14-6-4-11(5-7-14)17(18)19;/h4-7,10,12-13H,1-3,8-9,15H2;1H. The van der Waals surface area contributed by atoms with Gasteiger partial charge in [-0.2, -0.15) is 4.31 Å². The average Bonchev–Trinajstić information content (AvgIpc) is 2.46. The molecule has 2 bridgehead atoms. The second-order valence-corrected chi connectivity index (χ2v) is 7.90. The molecule has 2 fully saturated rings. The quantitative estimate of drug-likeness (QED) is 0.655. The van der Waals surface area contributed by atoms with Gasteiger partial charge >= 0.3 is 0 Å². The SMILES string of the molecule is Cl.NC1CC2CCCC(C1)N2S(=O)(=O)c1ccc([N+](=O)[O-])cc1. The maximum absolute atomic E-state index is 12.9. The minimum Gasteiger partial charge on any atom is -0.328 e. The van der Waals surface area contributed by atoms with Gasteiger partial charge in [0.2, 0.25) is 10.0 Å². The van der Waals surface area contributed by atoms with Crippen molar-refractivity contribution in [2.24, 2.45) is 5.73 Å². The molecule has 3 rings (SSSR count). The number of sulfonamides is 1. The number of halogens is 1. The highest BCUT2D eigenvalue weighted by atomic mass is 35.5. The van der Waals surface area contributed by atoms with Crippen molar-refractivity contribution in [3.05, 3.63) is 34.4 Å². The summed E-state index contributed by atoms with van der Waals surface area (Å²) < 4.78 is 27.4. The van der Waals surface area contributed by atoms with Crippen LogP contribution in [0.4, 0.5) is 5.69 Å². The number of piperidine rings is 2. The Kier molecular flexibility index (Phi) is 5.30. The first-order chi connectivity index (χ1) is 10.4. The minimum atomic E-state index is -3.63. The van der Waals surface area contributed by atoms with Gasteiger partial charge in [-0.05, 0) is 37.8 Å². The van der Waals surface area contributed by atoms with Crippen LogP contribution in [-0.2, 0) is 10.0 Å². The molecule has 2 aliphatic rings. The van der Waals surface area contributed by atoms with Gasteiger partial charge in [-0.3, -0.25) is 10.1 Å². The number of hydrogen-bond acceptors (Lipinski definition) is 5. The number of hydrogen-bond donors (Lipinski definition) is 1. The molecule has 0 aliphatic carbocycles. The van der Waals surface area contributed by atoms with Gasteiger partial charge in [0.1, 0.15) is 0 Å². The molecule has 2 saturated heterocycles. The van der Waals surface area contributed by atoms with Crippen LogP contribution in [0.2, 0.25) is 0 Å². The van der Waals surface area contributed by atoms with Crippen molar-refractivity contribution in [3.63, 3.8) is 0 Å². The lowest BCUT2D eigenvalue weighted by Gasteiger charge is -2.46. The fourth-order valence-electron chi connectivity index (χ4n) is 3.63. The van der Waals surface area contributed by atoms with Crippen molar-refractivity contribution in [2.45, 2.75) is 55.1 Å². The van der Waals surface area contributed by atoms with E-state index >= 15 is 0 Å². The molecule has 2 unspecified atom stereocenters. The normalized spacial score (nSPS) is 28.0. The molecule has 0 saturated carbocycles. The van der Waals surface area contributed by atoms with E-state index < -0.39 is 14.9 Å². The van der Waals surface area contributed by atoms with Gasteiger partial charge in [-0.1, -0.05) is 6.42 Å². The number of fused-ring (bicyclic) bond motifs is 2. The van der Waals surface area contributed by atoms with Crippen LogP contribution in [0.1, 0.15) is 32.1 Å². The summed E-state index contributed by atoms with van der Waals surface area (Å²) in [5, 5.41) is 10.7. The van der Waals surface area contributed by atoms with E-state index in [1.54, 1.807) is 4.31 Å². The lowest BCUT2D eigenvalue weighted by molar-refractivity contribution is -0.384. The first kappa shape index (κ1) is 18.1. The summed E-state index contributed by atoms with van der Waals surface area (Å²) in [5.74, 6) is 0. The van der Waals surface area contributed by atoms with E-state index in [9.17, 15) is 18.5 Å². The smallest absolute Gasteiger partial charge is 0.269 e. The number of nitrogens with zero attached hydrogens (tertiary/aromatic N) is 2. The lowest BCUT2D eigenvalue weighted by Crippen LogP contribution is -2.57. The van der Waals surface area contributed by atoms with Crippen molar-refractivity contribution in [1.82, 2.24) is 4.31 Å². The van der Waals surface area contributed by atoms with E-state index in [0.717, 1.165) is 19.3 Å². The van der Waals surface area contributed by atoms with Gasteiger partial charge in [-0.15, -0.1) is 12.4 Å². The summed E-state index contributed by atoms with van der Waals surface area (Å²) in [6, 6.07) is 5.05. The summed E-state index contributed by atoms with van der Waals surface area (Å²) in [6.07, 6.45) is 4.05. The Morgan fingerprint density at radius 3 is 2.13 bits per heavy atom. The summed E-state index contributed by atoms with van der Waals surface area (Å²) in [4.78, 5) is 10.3. The average molecular weight is 362 g/mol. The Hall–Kier alpha value is -1.22. The molecular formula is C14H20ClN3O4S. The zero-order valence-corrected chi connectivity index (χ0v) is 14.1. The third-order valence-corrected chi connectivity index (χ3v) is 6.59. The van der Waals surface area contributed by atoms with Crippen molar-refractivity contribution in [1.29, 1.82) is 0 Å². The lowest BCUT2D eigenvalue weighted by atomic mass is 9.84. The molecule has 9 heteroatoms. The zero-order chi connectivity index (χ0) is 15.9. The van der Waals surface area contributed by atoms with Crippen molar-refractivity contribution in [3.8, 4) is 0 Å². The van der Waals surface area contributed by atoms with Crippen LogP contribution in [0.3, 0.4) is 0 Å². The molecule has 2 aliphatic heterocycles. The Morgan fingerprint density at radius 2 is 1.65 bits per heavy atom. The molecule has 2 heterocycles. The van der Waals surface area contributed by atoms with Crippen LogP contribution < -0.4 is 5.73 Å². The number of benzene rings is 1. The fourth-order valence-corrected chi connectivity index (χ4v) is 5.53. The van der Waals surface area contributed by atoms with Crippen molar-refractivity contribution in [2.75, 3.05) is 0 Å². The third kappa shape index (κ3) is 3.35. The van der Waals surface area contributed by atoms with Gasteiger partial charge in [0.25, 0.3) is 5.69 Å². The largest absolute Gasteiger partial charge is 0.328 e. The van der Waals surface area contributed by atoms with E-state index in [-0.39, 0.29) is 41.1 Å². The maximum atomic E-state index is 12.9. The number of non-ortho nitro benzene ring substituents is 1. The molecule has 2 atom stereocenters. The van der Waals surface area contributed by atoms with Gasteiger partial charge < -0.3 is 5.73 Å². The van der Waals surface area contributed by atoms with Crippen molar-refractivity contribution < 1.29 is 13.3 Å². The molecule has 128 valence electrons. The molecule has 1 aromatic rings. The van der Waals surface area contributed by atoms with E-state index in [1.165, 1.54) is 24.3 Å². The number of nitro groups is 1. The first-order valence-corrected chi connectivity index (χ1v) is 8.87. The Balaban J connectivity index is 0.00000192. The molecule has 0 amide bonds. The van der Waals surface area contributed by atoms with Crippen LogP contribution in [-0.4, -0.2) is 35.8 Å². The third-order valence-electron chi connectivity index (χ3n) is 4.57. The molecule has 0 aromatic heterocycles. The van der Waals surface area contributed by atoms with E-state index in [2.05, 4.69) is 0 Å². The molecule has 23 heavy (non-hydrogen) atoms. The first-order valence-electron chi connectivity index (χ1n) is 7.43. The van der Waals surface area contributed by atoms with Crippen LogP contribution >= 0.6 is 12.4 Å². The maximum Gasteiger partial charge on any atom is 0.269 e. The second kappa shape index (κ2) is 6.72. The van der Waals surface area contributed by atoms with Crippen molar-refractivity contribution >= 4 is 28.1 Å². The molecule has 0 spiro atoms. The van der Waals surface area contributed by atoms with E-state index in [1.807, 2.05) is 0 Å². The topological polar surface area (TPSA) is 107 Å². The van der Waals surface area contributed by atoms with E-state index in [0.29, 0.717) is 12.8 Å². The highest BCUT2D eigenvalue weighted by molar-refractivity contribution is 7.89. The Morgan fingerprint density at radius 1 is 1.13 bits per heavy atom. The van der Waals surface area contributed by atoms with Crippen LogP contribution in [0.5, 0.6) is 0 Å². The van der Waals surface area contributed by atoms with Crippen LogP contribution in [0.25, 0.3) is 0 Å². The summed E-state index contributed by atoms with van der Waals surface area (Å²) >= 11 is 0. The Bertz CT molecular complexity index is 666. The van der Waals surface area contributed by atoms with Gasteiger partial charge in [0.15, 0.2) is 0 Å². The molecular weight excluding hydrogens is 342 g/mol. The second-order valence-electron chi connectivity index (χ2n) is 6.06. The monoisotopic (exact) mass is 361 g/mol. The summed E-state index contributed by atoms with van der Waals surface area (Å²) in [5.41, 5.74) is 5.91. The summed E-state index contributed by atoms with van der Waals surface area (Å²) in [7, 11) is -3.63. The predicted molar refractivity (Wildman–Crippen MR) is 88.0 cm³/mol. The molecule has 0 radical (unpaired) electrons. The minimum absolute atomic E-state index is 0. The molecule has 7 nitrogen and oxygen atoms in total. The van der Waals surface area contributed by atoms with Gasteiger partial charge in [0.05, 0.1) is 9.82 Å². The van der Waals surface area contributed by atoms with Crippen LogP contribution in [0, 0.1) is 10.1 Å². The number of rotatable bonds is 3. The number of nitrogens with two attached hydrogens (primary N) is 1. The summed E-state index contributed by atoms with van der Waals surface area (Å²) in [6.45, 7) is 0. The fraction of sp³-hybridized carbons (Fsp3) is 0.571.